The Morgan fingerprint density at radius 1 is 1.20 bits per heavy atom. The Labute approximate surface area is 119 Å². The van der Waals surface area contributed by atoms with Crippen LogP contribution in [0.2, 0.25) is 0 Å². The third-order valence-corrected chi connectivity index (χ3v) is 3.86. The molecule has 2 aromatic heterocycles. The fourth-order valence-corrected chi connectivity index (χ4v) is 2.98. The van der Waals surface area contributed by atoms with Gasteiger partial charge in [0.15, 0.2) is 10.8 Å². The van der Waals surface area contributed by atoms with Gasteiger partial charge in [-0.3, -0.25) is 4.79 Å². The lowest BCUT2D eigenvalue weighted by Crippen LogP contribution is -1.99. The van der Waals surface area contributed by atoms with Crippen LogP contribution in [0.1, 0.15) is 4.88 Å². The van der Waals surface area contributed by atoms with E-state index in [9.17, 15) is 4.79 Å². The Hall–Kier alpha value is -2.40. The number of nitrogens with zero attached hydrogens (tertiary/aromatic N) is 1. The summed E-state index contributed by atoms with van der Waals surface area (Å²) in [6.45, 7) is 0. The Morgan fingerprint density at radius 2 is 2.00 bits per heavy atom. The molecule has 0 bridgehead atoms. The van der Waals surface area contributed by atoms with Crippen molar-refractivity contribution in [3.8, 4) is 22.0 Å². The van der Waals surface area contributed by atoms with Gasteiger partial charge in [-0.25, -0.2) is 4.98 Å². The molecule has 0 radical (unpaired) electrons. The number of aromatic nitrogens is 1. The third-order valence-electron chi connectivity index (χ3n) is 2.79. The van der Waals surface area contributed by atoms with Gasteiger partial charge in [-0.2, -0.15) is 0 Å². The summed E-state index contributed by atoms with van der Waals surface area (Å²) >= 11 is 1.35. The van der Waals surface area contributed by atoms with E-state index in [2.05, 4.69) is 4.98 Å². The smallest absolute Gasteiger partial charge is 0.308 e. The lowest BCUT2D eigenvalue weighted by Gasteiger charge is -1.99. The largest absolute Gasteiger partial charge is 0.481 e. The second kappa shape index (κ2) is 5.30. The van der Waals surface area contributed by atoms with Gasteiger partial charge in [0.1, 0.15) is 0 Å². The summed E-state index contributed by atoms with van der Waals surface area (Å²) in [4.78, 5) is 16.3. The standard InChI is InChI=1S/C15H11NO3S/c17-13(18)9-12-14(10-5-2-1-3-6-10)16-15(20-12)11-7-4-8-19-11/h1-8H,9H2,(H,17,18). The van der Waals surface area contributed by atoms with Crippen molar-refractivity contribution in [1.82, 2.24) is 4.98 Å². The minimum Gasteiger partial charge on any atom is -0.481 e. The van der Waals surface area contributed by atoms with Crippen molar-refractivity contribution >= 4 is 17.3 Å². The fourth-order valence-electron chi connectivity index (χ4n) is 1.94. The summed E-state index contributed by atoms with van der Waals surface area (Å²) in [7, 11) is 0. The number of aliphatic carboxylic acids is 1. The highest BCUT2D eigenvalue weighted by Crippen LogP contribution is 2.34. The van der Waals surface area contributed by atoms with E-state index in [1.165, 1.54) is 11.3 Å². The van der Waals surface area contributed by atoms with Crippen LogP contribution in [-0.4, -0.2) is 16.1 Å². The Morgan fingerprint density at radius 3 is 2.65 bits per heavy atom. The minimum atomic E-state index is -0.864. The number of rotatable bonds is 4. The second-order valence-electron chi connectivity index (χ2n) is 4.20. The van der Waals surface area contributed by atoms with Gasteiger partial charge in [-0.15, -0.1) is 11.3 Å². The first kappa shape index (κ1) is 12.6. The molecule has 0 saturated carbocycles. The summed E-state index contributed by atoms with van der Waals surface area (Å²) in [5, 5.41) is 9.73. The molecule has 5 heteroatoms. The molecule has 0 aliphatic rings. The molecule has 20 heavy (non-hydrogen) atoms. The third kappa shape index (κ3) is 2.48. The molecule has 0 unspecified atom stereocenters. The molecule has 0 spiro atoms. The van der Waals surface area contributed by atoms with Gasteiger partial charge in [0, 0.05) is 10.4 Å². The van der Waals surface area contributed by atoms with Crippen molar-refractivity contribution in [3.63, 3.8) is 0 Å². The molecule has 2 heterocycles. The van der Waals surface area contributed by atoms with Gasteiger partial charge in [0.25, 0.3) is 0 Å². The van der Waals surface area contributed by atoms with Crippen LogP contribution in [0.15, 0.2) is 53.1 Å². The molecule has 0 fully saturated rings. The number of hydrogen-bond acceptors (Lipinski definition) is 4. The van der Waals surface area contributed by atoms with E-state index in [1.807, 2.05) is 36.4 Å². The maximum Gasteiger partial charge on any atom is 0.308 e. The monoisotopic (exact) mass is 285 g/mol. The summed E-state index contributed by atoms with van der Waals surface area (Å²) in [6, 6.07) is 13.2. The number of furan rings is 1. The van der Waals surface area contributed by atoms with Crippen molar-refractivity contribution in [2.24, 2.45) is 0 Å². The molecule has 100 valence electrons. The molecule has 1 N–H and O–H groups in total. The maximum absolute atomic E-state index is 11.0. The number of carboxylic acid groups (broad SMARTS) is 1. The maximum atomic E-state index is 11.0. The number of carbonyl (C=O) groups is 1. The van der Waals surface area contributed by atoms with Gasteiger partial charge in [0.2, 0.25) is 0 Å². The summed E-state index contributed by atoms with van der Waals surface area (Å²) in [5.41, 5.74) is 1.63. The van der Waals surface area contributed by atoms with Gasteiger partial charge in [0.05, 0.1) is 18.4 Å². The summed E-state index contributed by atoms with van der Waals surface area (Å²) in [5.74, 6) is -0.208. The Bertz CT molecular complexity index is 717. The highest BCUT2D eigenvalue weighted by atomic mass is 32.1. The van der Waals surface area contributed by atoms with Gasteiger partial charge in [-0.1, -0.05) is 30.3 Å². The van der Waals surface area contributed by atoms with E-state index < -0.39 is 5.97 Å². The average Bonchev–Trinajstić information content (AvgIpc) is 3.08. The van der Waals surface area contributed by atoms with E-state index >= 15 is 0 Å². The van der Waals surface area contributed by atoms with Crippen LogP contribution in [0.5, 0.6) is 0 Å². The van der Waals surface area contributed by atoms with E-state index in [-0.39, 0.29) is 6.42 Å². The zero-order chi connectivity index (χ0) is 13.9. The Kier molecular flexibility index (Phi) is 3.35. The zero-order valence-electron chi connectivity index (χ0n) is 10.4. The number of carboxylic acids is 1. The average molecular weight is 285 g/mol. The van der Waals surface area contributed by atoms with E-state index in [0.717, 1.165) is 10.4 Å². The van der Waals surface area contributed by atoms with Crippen molar-refractivity contribution in [2.75, 3.05) is 0 Å². The first-order valence-electron chi connectivity index (χ1n) is 6.05. The van der Waals surface area contributed by atoms with Crippen LogP contribution in [0.25, 0.3) is 22.0 Å². The van der Waals surface area contributed by atoms with E-state index in [4.69, 9.17) is 9.52 Å². The van der Waals surface area contributed by atoms with Crippen molar-refractivity contribution in [2.45, 2.75) is 6.42 Å². The van der Waals surface area contributed by atoms with Crippen molar-refractivity contribution in [1.29, 1.82) is 0 Å². The predicted molar refractivity (Wildman–Crippen MR) is 76.6 cm³/mol. The first-order valence-corrected chi connectivity index (χ1v) is 6.86. The second-order valence-corrected chi connectivity index (χ2v) is 5.29. The quantitative estimate of drug-likeness (QED) is 0.794. The molecule has 0 aliphatic heterocycles. The normalized spacial score (nSPS) is 10.6. The minimum absolute atomic E-state index is 0.0391. The predicted octanol–water partition coefficient (Wildman–Crippen LogP) is 3.70. The molecule has 0 aliphatic carbocycles. The topological polar surface area (TPSA) is 63.3 Å². The molecule has 1 aromatic carbocycles. The van der Waals surface area contributed by atoms with Crippen LogP contribution >= 0.6 is 11.3 Å². The molecule has 0 atom stereocenters. The van der Waals surface area contributed by atoms with Crippen molar-refractivity contribution in [3.05, 3.63) is 53.6 Å². The summed E-state index contributed by atoms with van der Waals surface area (Å²) in [6.07, 6.45) is 1.54. The highest BCUT2D eigenvalue weighted by molar-refractivity contribution is 7.15. The molecule has 4 nitrogen and oxygen atoms in total. The number of hydrogen-bond donors (Lipinski definition) is 1. The summed E-state index contributed by atoms with van der Waals surface area (Å²) < 4.78 is 5.33. The molecule has 0 saturated heterocycles. The van der Waals surface area contributed by atoms with Crippen molar-refractivity contribution < 1.29 is 14.3 Å². The number of thiazole rings is 1. The van der Waals surface area contributed by atoms with Crippen LogP contribution in [0.4, 0.5) is 0 Å². The Balaban J connectivity index is 2.09. The van der Waals surface area contributed by atoms with Crippen LogP contribution in [0.3, 0.4) is 0 Å². The van der Waals surface area contributed by atoms with E-state index in [0.29, 0.717) is 16.5 Å². The number of benzene rings is 1. The molecule has 3 aromatic rings. The molecular weight excluding hydrogens is 274 g/mol. The highest BCUT2D eigenvalue weighted by Gasteiger charge is 2.17. The lowest BCUT2D eigenvalue weighted by molar-refractivity contribution is -0.136. The molecular formula is C15H11NO3S. The van der Waals surface area contributed by atoms with Gasteiger partial charge < -0.3 is 9.52 Å². The van der Waals surface area contributed by atoms with Crippen LogP contribution in [-0.2, 0) is 11.2 Å². The molecule has 3 rings (SSSR count). The van der Waals surface area contributed by atoms with Crippen LogP contribution < -0.4 is 0 Å². The SMILES string of the molecule is O=C(O)Cc1sc(-c2ccco2)nc1-c1ccccc1. The van der Waals surface area contributed by atoms with Crippen LogP contribution in [0, 0.1) is 0 Å². The fraction of sp³-hybridized carbons (Fsp3) is 0.0667. The lowest BCUT2D eigenvalue weighted by atomic mass is 10.1. The zero-order valence-corrected chi connectivity index (χ0v) is 11.3. The van der Waals surface area contributed by atoms with E-state index in [1.54, 1.807) is 12.3 Å². The molecule has 0 amide bonds. The first-order chi connectivity index (χ1) is 9.74. The van der Waals surface area contributed by atoms with Gasteiger partial charge >= 0.3 is 5.97 Å². The van der Waals surface area contributed by atoms with Gasteiger partial charge in [-0.05, 0) is 12.1 Å².